The van der Waals surface area contributed by atoms with Gasteiger partial charge < -0.3 is 24.3 Å². The third-order valence-corrected chi connectivity index (χ3v) is 4.13. The number of hydrogen-bond donors (Lipinski definition) is 1. The molecular weight excluding hydrogens is 310 g/mol. The van der Waals surface area contributed by atoms with Gasteiger partial charge in [-0.2, -0.15) is 0 Å². The molecule has 0 aliphatic carbocycles. The van der Waals surface area contributed by atoms with E-state index in [0.717, 1.165) is 23.5 Å². The van der Waals surface area contributed by atoms with Crippen LogP contribution in [0.4, 0.5) is 0 Å². The predicted molar refractivity (Wildman–Crippen MR) is 86.0 cm³/mol. The molecule has 1 amide bonds. The molecule has 124 valence electrons. The van der Waals surface area contributed by atoms with E-state index in [4.69, 9.17) is 18.9 Å². The predicted octanol–water partition coefficient (Wildman–Crippen LogP) is 2.16. The van der Waals surface area contributed by atoms with Crippen molar-refractivity contribution in [3.8, 4) is 23.0 Å². The summed E-state index contributed by atoms with van der Waals surface area (Å²) in [5.74, 6) is 2.75. The Morgan fingerprint density at radius 2 is 2.00 bits per heavy atom. The molecule has 0 spiro atoms. The van der Waals surface area contributed by atoms with Gasteiger partial charge in [-0.05, 0) is 36.4 Å². The first-order valence-electron chi connectivity index (χ1n) is 7.74. The monoisotopic (exact) mass is 327 g/mol. The van der Waals surface area contributed by atoms with Crippen LogP contribution in [-0.2, 0) is 6.42 Å². The van der Waals surface area contributed by atoms with Crippen molar-refractivity contribution in [1.29, 1.82) is 0 Å². The molecule has 2 heterocycles. The van der Waals surface area contributed by atoms with Crippen molar-refractivity contribution in [3.63, 3.8) is 0 Å². The number of carbonyl (C=O) groups excluding carboxylic acids is 1. The number of methoxy groups -OCH3 is 1. The summed E-state index contributed by atoms with van der Waals surface area (Å²) < 4.78 is 21.6. The molecule has 4 rings (SSSR count). The number of carbonyl (C=O) groups is 1. The lowest BCUT2D eigenvalue weighted by atomic mass is 10.1. The molecule has 0 bridgehead atoms. The highest BCUT2D eigenvalue weighted by atomic mass is 16.7. The minimum atomic E-state index is -0.162. The smallest absolute Gasteiger partial charge is 0.251 e. The molecule has 0 unspecified atom stereocenters. The van der Waals surface area contributed by atoms with Crippen molar-refractivity contribution in [2.24, 2.45) is 0 Å². The Morgan fingerprint density at radius 1 is 1.17 bits per heavy atom. The van der Waals surface area contributed by atoms with Gasteiger partial charge in [-0.25, -0.2) is 0 Å². The standard InChI is InChI=1S/C18H17NO5/c1-21-13-3-5-15-12(6-13)7-14(24-15)9-19-18(20)11-2-4-16-17(8-11)23-10-22-16/h2-6,8,14H,7,9-10H2,1H3,(H,19,20)/t14-/m0/s1. The highest BCUT2D eigenvalue weighted by Crippen LogP contribution is 2.33. The summed E-state index contributed by atoms with van der Waals surface area (Å²) in [5.41, 5.74) is 1.63. The summed E-state index contributed by atoms with van der Waals surface area (Å²) in [6.45, 7) is 0.627. The second-order valence-electron chi connectivity index (χ2n) is 5.70. The molecule has 2 aromatic rings. The Labute approximate surface area is 139 Å². The number of amides is 1. The number of nitrogens with one attached hydrogen (secondary N) is 1. The molecule has 0 aromatic heterocycles. The van der Waals surface area contributed by atoms with E-state index in [0.29, 0.717) is 23.6 Å². The Morgan fingerprint density at radius 3 is 2.88 bits per heavy atom. The molecule has 0 saturated carbocycles. The molecule has 2 aromatic carbocycles. The molecular formula is C18H17NO5. The van der Waals surface area contributed by atoms with Gasteiger partial charge in [-0.1, -0.05) is 0 Å². The van der Waals surface area contributed by atoms with Crippen LogP contribution in [0.1, 0.15) is 15.9 Å². The third-order valence-electron chi connectivity index (χ3n) is 4.13. The van der Waals surface area contributed by atoms with Gasteiger partial charge in [0.25, 0.3) is 5.91 Å². The fraction of sp³-hybridized carbons (Fsp3) is 0.278. The summed E-state index contributed by atoms with van der Waals surface area (Å²) >= 11 is 0. The van der Waals surface area contributed by atoms with Crippen molar-refractivity contribution in [3.05, 3.63) is 47.5 Å². The summed E-state index contributed by atoms with van der Waals surface area (Å²) in [6.07, 6.45) is 0.665. The van der Waals surface area contributed by atoms with Gasteiger partial charge in [0.15, 0.2) is 11.5 Å². The van der Waals surface area contributed by atoms with Crippen molar-refractivity contribution in [2.75, 3.05) is 20.4 Å². The van der Waals surface area contributed by atoms with E-state index in [9.17, 15) is 4.79 Å². The van der Waals surface area contributed by atoms with E-state index in [1.165, 1.54) is 0 Å². The highest BCUT2D eigenvalue weighted by molar-refractivity contribution is 5.94. The van der Waals surface area contributed by atoms with Crippen molar-refractivity contribution >= 4 is 5.91 Å². The molecule has 6 nitrogen and oxygen atoms in total. The molecule has 6 heteroatoms. The Bertz CT molecular complexity index is 789. The van der Waals surface area contributed by atoms with Gasteiger partial charge in [0.1, 0.15) is 17.6 Å². The van der Waals surface area contributed by atoms with Gasteiger partial charge in [0.2, 0.25) is 6.79 Å². The maximum atomic E-state index is 12.3. The molecule has 2 aliphatic rings. The topological polar surface area (TPSA) is 66.0 Å². The first-order chi connectivity index (χ1) is 11.7. The first-order valence-corrected chi connectivity index (χ1v) is 7.74. The van der Waals surface area contributed by atoms with Gasteiger partial charge in [0.05, 0.1) is 13.7 Å². The molecule has 24 heavy (non-hydrogen) atoms. The average Bonchev–Trinajstić information content (AvgIpc) is 3.24. The fourth-order valence-electron chi connectivity index (χ4n) is 2.88. The lowest BCUT2D eigenvalue weighted by Crippen LogP contribution is -2.34. The Kier molecular flexibility index (Phi) is 3.65. The second kappa shape index (κ2) is 5.96. The first kappa shape index (κ1) is 14.7. The minimum Gasteiger partial charge on any atom is -0.497 e. The molecule has 1 N–H and O–H groups in total. The van der Waals surface area contributed by atoms with Crippen LogP contribution >= 0.6 is 0 Å². The molecule has 1 atom stereocenters. The maximum Gasteiger partial charge on any atom is 0.251 e. The van der Waals surface area contributed by atoms with Crippen LogP contribution in [0, 0.1) is 0 Å². The van der Waals surface area contributed by atoms with Crippen molar-refractivity contribution in [1.82, 2.24) is 5.32 Å². The minimum absolute atomic E-state index is 0.0786. The van der Waals surface area contributed by atoms with Crippen LogP contribution in [0.25, 0.3) is 0 Å². The number of hydrogen-bond acceptors (Lipinski definition) is 5. The van der Waals surface area contributed by atoms with Crippen LogP contribution < -0.4 is 24.3 Å². The summed E-state index contributed by atoms with van der Waals surface area (Å²) in [4.78, 5) is 12.3. The third kappa shape index (κ3) is 2.71. The van der Waals surface area contributed by atoms with E-state index in [2.05, 4.69) is 5.32 Å². The van der Waals surface area contributed by atoms with E-state index in [-0.39, 0.29) is 18.8 Å². The van der Waals surface area contributed by atoms with Gasteiger partial charge >= 0.3 is 0 Å². The Balaban J connectivity index is 1.37. The van der Waals surface area contributed by atoms with Gasteiger partial charge in [-0.15, -0.1) is 0 Å². The SMILES string of the molecule is COc1ccc2c(c1)C[C@@H](CNC(=O)c1ccc3c(c1)OCO3)O2. The van der Waals surface area contributed by atoms with Crippen molar-refractivity contribution in [2.45, 2.75) is 12.5 Å². The van der Waals surface area contributed by atoms with E-state index >= 15 is 0 Å². The summed E-state index contributed by atoms with van der Waals surface area (Å²) in [5, 5.41) is 2.90. The van der Waals surface area contributed by atoms with Crippen LogP contribution in [0.5, 0.6) is 23.0 Å². The molecule has 0 radical (unpaired) electrons. The van der Waals surface area contributed by atoms with E-state index in [1.54, 1.807) is 25.3 Å². The molecule has 0 saturated heterocycles. The number of rotatable bonds is 4. The summed E-state index contributed by atoms with van der Waals surface area (Å²) in [6, 6.07) is 10.9. The van der Waals surface area contributed by atoms with E-state index in [1.807, 2.05) is 18.2 Å². The largest absolute Gasteiger partial charge is 0.497 e. The van der Waals surface area contributed by atoms with Gasteiger partial charge in [0, 0.05) is 17.5 Å². The zero-order valence-electron chi connectivity index (χ0n) is 13.2. The van der Waals surface area contributed by atoms with Crippen LogP contribution in [0.15, 0.2) is 36.4 Å². The second-order valence-corrected chi connectivity index (χ2v) is 5.70. The molecule has 2 aliphatic heterocycles. The zero-order valence-corrected chi connectivity index (χ0v) is 13.2. The lowest BCUT2D eigenvalue weighted by Gasteiger charge is -2.12. The van der Waals surface area contributed by atoms with Gasteiger partial charge in [-0.3, -0.25) is 4.79 Å². The summed E-state index contributed by atoms with van der Waals surface area (Å²) in [7, 11) is 1.64. The van der Waals surface area contributed by atoms with E-state index < -0.39 is 0 Å². The van der Waals surface area contributed by atoms with Crippen molar-refractivity contribution < 1.29 is 23.7 Å². The molecule has 0 fully saturated rings. The van der Waals surface area contributed by atoms with Crippen LogP contribution in [-0.4, -0.2) is 32.5 Å². The normalized spacial score (nSPS) is 17.1. The van der Waals surface area contributed by atoms with Crippen LogP contribution in [0.2, 0.25) is 0 Å². The number of fused-ring (bicyclic) bond motifs is 2. The maximum absolute atomic E-state index is 12.3. The highest BCUT2D eigenvalue weighted by Gasteiger charge is 2.24. The number of ether oxygens (including phenoxy) is 4. The van der Waals surface area contributed by atoms with Crippen LogP contribution in [0.3, 0.4) is 0 Å². The average molecular weight is 327 g/mol. The Hall–Kier alpha value is -2.89. The fourth-order valence-corrected chi connectivity index (χ4v) is 2.88. The lowest BCUT2D eigenvalue weighted by molar-refractivity contribution is 0.0933. The quantitative estimate of drug-likeness (QED) is 0.932. The zero-order chi connectivity index (χ0) is 16.5. The number of benzene rings is 2.